The molecular weight excluding hydrogens is 833 g/mol. The molecule has 5 fully saturated rings. The number of rotatable bonds is 11. The van der Waals surface area contributed by atoms with Gasteiger partial charge in [0.15, 0.2) is 23.2 Å². The van der Waals surface area contributed by atoms with Crippen molar-refractivity contribution in [3.63, 3.8) is 0 Å². The van der Waals surface area contributed by atoms with Crippen molar-refractivity contribution in [2.24, 2.45) is 12.5 Å². The minimum atomic E-state index is -1.80. The second-order valence-electron chi connectivity index (χ2n) is 16.9. The standard InChI is InChI=1S/C42H45F3N10O6.ClH/c1-52-30-21-24(4-5-28(30)55(40(52)60)29-6-7-31(56)49-36(29)59)3-2-16-53-17-19-54(20-18-53)39-46-15-8-27(48-39)37-50-38(51-61-37)42-12-9-41(10-13-42,11-14-42)23-47-35(58)25-22-26(43)34(57)33(45)32(25)44;/h4-5,8,15,21-22,29,57H,2-3,6-7,9-14,16-20,23H2,1H3,(H,47,58)(H,49,56,59);1H. The summed E-state index contributed by atoms with van der Waals surface area (Å²) in [5.41, 5.74) is 1.43. The van der Waals surface area contributed by atoms with Crippen LogP contribution < -0.4 is 21.2 Å². The van der Waals surface area contributed by atoms with Crippen molar-refractivity contribution >= 4 is 47.1 Å². The number of anilines is 1. The molecule has 3 saturated carbocycles. The number of phenolic OH excluding ortho intramolecular Hbond substituents is 1. The summed E-state index contributed by atoms with van der Waals surface area (Å²) in [7, 11) is 1.70. The molecule has 2 bridgehead atoms. The highest BCUT2D eigenvalue weighted by Crippen LogP contribution is 2.57. The van der Waals surface area contributed by atoms with E-state index in [9.17, 15) is 37.5 Å². The third-order valence-corrected chi connectivity index (χ3v) is 13.4. The molecule has 328 valence electrons. The third kappa shape index (κ3) is 7.80. The van der Waals surface area contributed by atoms with Gasteiger partial charge in [0, 0.05) is 57.8 Å². The highest BCUT2D eigenvalue weighted by atomic mass is 35.5. The first-order chi connectivity index (χ1) is 29.3. The zero-order valence-corrected chi connectivity index (χ0v) is 34.8. The number of carbonyl (C=O) groups is 3. The number of hydrogen-bond donors (Lipinski definition) is 3. The van der Waals surface area contributed by atoms with Gasteiger partial charge in [-0.2, -0.15) is 9.37 Å². The molecule has 5 aliphatic rings. The van der Waals surface area contributed by atoms with Crippen LogP contribution in [0.4, 0.5) is 19.1 Å². The van der Waals surface area contributed by atoms with E-state index >= 15 is 0 Å². The van der Waals surface area contributed by atoms with Gasteiger partial charge in [-0.3, -0.25) is 33.7 Å². The number of piperidine rings is 1. The van der Waals surface area contributed by atoms with Gasteiger partial charge in [-0.05, 0) is 99.6 Å². The molecule has 1 atom stereocenters. The maximum absolute atomic E-state index is 14.3. The van der Waals surface area contributed by atoms with Gasteiger partial charge in [0.05, 0.1) is 16.6 Å². The predicted octanol–water partition coefficient (Wildman–Crippen LogP) is 4.48. The number of aryl methyl sites for hydroxylation is 2. The molecular formula is C42H46ClF3N10O6. The first-order valence-electron chi connectivity index (χ1n) is 20.7. The van der Waals surface area contributed by atoms with Crippen LogP contribution in [0.1, 0.15) is 85.6 Å². The zero-order valence-electron chi connectivity index (χ0n) is 34.0. The number of imidazole rings is 1. The van der Waals surface area contributed by atoms with E-state index in [1.807, 2.05) is 18.2 Å². The fourth-order valence-corrected chi connectivity index (χ4v) is 9.61. The van der Waals surface area contributed by atoms with Crippen LogP contribution in [0.2, 0.25) is 0 Å². The van der Waals surface area contributed by atoms with Crippen LogP contribution >= 0.6 is 12.4 Å². The first kappa shape index (κ1) is 42.9. The Morgan fingerprint density at radius 2 is 1.71 bits per heavy atom. The van der Waals surface area contributed by atoms with E-state index in [0.29, 0.717) is 41.4 Å². The maximum Gasteiger partial charge on any atom is 0.329 e. The lowest BCUT2D eigenvalue weighted by molar-refractivity contribution is -0.135. The second-order valence-corrected chi connectivity index (χ2v) is 16.9. The summed E-state index contributed by atoms with van der Waals surface area (Å²) in [5.74, 6) is -6.47. The Hall–Kier alpha value is -5.82. The molecule has 2 aromatic carbocycles. The van der Waals surface area contributed by atoms with Crippen molar-refractivity contribution in [1.29, 1.82) is 0 Å². The quantitative estimate of drug-likeness (QED) is 0.125. The summed E-state index contributed by atoms with van der Waals surface area (Å²) in [6.07, 6.45) is 8.37. The minimum Gasteiger partial charge on any atom is -0.503 e. The Kier molecular flexibility index (Phi) is 11.6. The summed E-state index contributed by atoms with van der Waals surface area (Å²) in [5, 5.41) is 18.7. The fraction of sp³-hybridized carbons (Fsp3) is 0.476. The van der Waals surface area contributed by atoms with E-state index < -0.39 is 46.6 Å². The van der Waals surface area contributed by atoms with E-state index in [1.165, 1.54) is 4.57 Å². The average Bonchev–Trinajstić information content (AvgIpc) is 3.88. The lowest BCUT2D eigenvalue weighted by atomic mass is 9.53. The number of piperazine rings is 1. The number of nitrogens with zero attached hydrogens (tertiary/aromatic N) is 8. The molecule has 2 saturated heterocycles. The number of halogens is 4. The monoisotopic (exact) mass is 878 g/mol. The summed E-state index contributed by atoms with van der Waals surface area (Å²) < 4.78 is 50.8. The number of aromatic nitrogens is 6. The molecule has 3 aromatic heterocycles. The van der Waals surface area contributed by atoms with Crippen LogP contribution in [-0.2, 0) is 28.5 Å². The molecule has 3 aliphatic carbocycles. The molecule has 0 spiro atoms. The van der Waals surface area contributed by atoms with Crippen LogP contribution in [0, 0.1) is 22.9 Å². The molecule has 1 unspecified atom stereocenters. The van der Waals surface area contributed by atoms with Crippen LogP contribution in [0.15, 0.2) is 45.8 Å². The van der Waals surface area contributed by atoms with Gasteiger partial charge in [0.2, 0.25) is 23.6 Å². The van der Waals surface area contributed by atoms with Gasteiger partial charge in [-0.25, -0.2) is 23.5 Å². The van der Waals surface area contributed by atoms with Crippen molar-refractivity contribution < 1.29 is 37.2 Å². The smallest absolute Gasteiger partial charge is 0.329 e. The largest absolute Gasteiger partial charge is 0.503 e. The maximum atomic E-state index is 14.3. The number of nitrogens with one attached hydrogen (secondary N) is 2. The SMILES string of the molecule is Cl.Cn1c(=O)n(C2CCC(=O)NC2=O)c2ccc(CCCN3CCN(c4nccc(-c5nc(C67CCC(CNC(=O)c8cc(F)c(O)c(F)c8F)(CC6)CC7)no5)n4)CC3)cc21. The topological polar surface area (TPSA) is 194 Å². The highest BCUT2D eigenvalue weighted by Gasteiger charge is 2.51. The molecule has 5 aromatic rings. The molecule has 5 heterocycles. The number of hydrogen-bond acceptors (Lipinski definition) is 12. The van der Waals surface area contributed by atoms with Crippen molar-refractivity contribution in [3.05, 3.63) is 81.4 Å². The molecule has 3 amide bonds. The average molecular weight is 879 g/mol. The number of amides is 3. The molecule has 0 radical (unpaired) electrons. The summed E-state index contributed by atoms with van der Waals surface area (Å²) in [4.78, 5) is 68.8. The number of aromatic hydroxyl groups is 1. The Balaban J connectivity index is 0.00000529. The van der Waals surface area contributed by atoms with E-state index in [1.54, 1.807) is 23.9 Å². The molecule has 10 rings (SSSR count). The molecule has 2 aliphatic heterocycles. The molecule has 16 nitrogen and oxygen atoms in total. The van der Waals surface area contributed by atoms with Crippen molar-refractivity contribution in [2.75, 3.05) is 44.2 Å². The van der Waals surface area contributed by atoms with Gasteiger partial charge in [-0.1, -0.05) is 11.2 Å². The molecule has 3 N–H and O–H groups in total. The van der Waals surface area contributed by atoms with Crippen LogP contribution in [0.3, 0.4) is 0 Å². The van der Waals surface area contributed by atoms with Crippen molar-refractivity contribution in [2.45, 2.75) is 75.7 Å². The third-order valence-electron chi connectivity index (χ3n) is 13.4. The van der Waals surface area contributed by atoms with E-state index in [-0.39, 0.29) is 47.8 Å². The lowest BCUT2D eigenvalue weighted by Gasteiger charge is -2.52. The number of benzene rings is 2. The van der Waals surface area contributed by atoms with Gasteiger partial charge >= 0.3 is 5.69 Å². The van der Waals surface area contributed by atoms with E-state index in [2.05, 4.69) is 30.6 Å². The number of fused-ring (bicyclic) bond motifs is 4. The summed E-state index contributed by atoms with van der Waals surface area (Å²) in [6.45, 7) is 4.26. The molecule has 20 heteroatoms. The Morgan fingerprint density at radius 3 is 2.44 bits per heavy atom. The number of imide groups is 1. The van der Waals surface area contributed by atoms with Gasteiger partial charge in [0.25, 0.3) is 11.8 Å². The van der Waals surface area contributed by atoms with E-state index in [0.717, 1.165) is 95.2 Å². The summed E-state index contributed by atoms with van der Waals surface area (Å²) >= 11 is 0. The number of phenols is 1. The van der Waals surface area contributed by atoms with Crippen molar-refractivity contribution in [1.82, 2.24) is 44.8 Å². The van der Waals surface area contributed by atoms with Crippen LogP contribution in [-0.4, -0.2) is 96.2 Å². The predicted molar refractivity (Wildman–Crippen MR) is 220 cm³/mol. The lowest BCUT2D eigenvalue weighted by Crippen LogP contribution is -2.49. The Morgan fingerprint density at radius 1 is 0.968 bits per heavy atom. The Labute approximate surface area is 359 Å². The van der Waals surface area contributed by atoms with Gasteiger partial charge in [-0.15, -0.1) is 12.4 Å². The zero-order chi connectivity index (χ0) is 42.6. The minimum absolute atomic E-state index is 0. The van der Waals surface area contributed by atoms with Crippen molar-refractivity contribution in [3.8, 4) is 17.3 Å². The van der Waals surface area contributed by atoms with E-state index in [4.69, 9.17) is 14.5 Å². The van der Waals surface area contributed by atoms with Crippen LogP contribution in [0.5, 0.6) is 5.75 Å². The van der Waals surface area contributed by atoms with Gasteiger partial charge < -0.3 is 19.8 Å². The first-order valence-corrected chi connectivity index (χ1v) is 20.7. The van der Waals surface area contributed by atoms with Crippen LogP contribution in [0.25, 0.3) is 22.6 Å². The normalized spacial score (nSPS) is 22.8. The molecule has 62 heavy (non-hydrogen) atoms. The number of carbonyl (C=O) groups excluding carboxylic acids is 3. The Bertz CT molecular complexity index is 2600. The highest BCUT2D eigenvalue weighted by molar-refractivity contribution is 6.00. The fourth-order valence-electron chi connectivity index (χ4n) is 9.61. The van der Waals surface area contributed by atoms with Gasteiger partial charge in [0.1, 0.15) is 11.7 Å². The summed E-state index contributed by atoms with van der Waals surface area (Å²) in [6, 6.07) is 7.44. The second kappa shape index (κ2) is 16.8.